The van der Waals surface area contributed by atoms with E-state index in [0.29, 0.717) is 0 Å². The van der Waals surface area contributed by atoms with Crippen molar-refractivity contribution >= 4 is 112 Å². The lowest BCUT2D eigenvalue weighted by atomic mass is 10.1. The molecule has 8 N–H and O–H groups in total. The molecular formula is C45H64N11O29P5S5. The largest absolute Gasteiger partial charge is 0.396 e. The average molecular weight is 1540 g/mol. The average Bonchev–Trinajstić information content (AvgIpc) is 1.65. The van der Waals surface area contributed by atoms with Crippen LogP contribution in [0.25, 0.3) is 11.2 Å². The number of H-pyrrole nitrogens is 4. The zero-order chi connectivity index (χ0) is 69.4. The van der Waals surface area contributed by atoms with Crippen LogP contribution < -0.4 is 45.0 Å². The van der Waals surface area contributed by atoms with Crippen molar-refractivity contribution in [3.8, 4) is 0 Å². The fraction of sp³-hybridized carbons (Fsp3) is 0.622. The van der Waals surface area contributed by atoms with E-state index in [1.807, 2.05) is 0 Å². The molecule has 95 heavy (non-hydrogen) atoms. The molecule has 15 unspecified atom stereocenters. The Morgan fingerprint density at radius 2 is 0.947 bits per heavy atom. The Kier molecular flexibility index (Phi) is 24.4. The maximum atomic E-state index is 14.6. The summed E-state index contributed by atoms with van der Waals surface area (Å²) in [6, 6.07) is 0. The Balaban J connectivity index is 0.950. The van der Waals surface area contributed by atoms with Gasteiger partial charge in [-0.3, -0.25) is 93.6 Å². The molecule has 528 valence electrons. The number of imidazole rings is 1. The first-order chi connectivity index (χ1) is 44.5. The highest BCUT2D eigenvalue weighted by atomic mass is 32.7. The standard InChI is InChI=1S/C45H64N11O29P5S5/c1-19-11-53(43(62)50-36(19)58)28-9-22(25(78-28)15-75-88(68,93)83-23-10-29(79-24(23)14-74-86(65,66)91)56-18-47-30-35(56)48-42(46)49-39(30)61)82-89(69,94)76-16-26-32(34(72-5)41(80-26)55-13-21(3)38(60)52-45(55)64)85-90(70,95)77-17-27-31(84-87(67,92)73-8-6-7-57)33(71-4)40(81-27)54-12-20(2)37(59)51-44(54)63/h11-13,18,22-29,31-34,40-41,57H,6-10,14-17H2,1-5H3,(H,67,92)(H,68,93)(H,69,94)(H,70,95)(H,50,58,62)(H,51,59,63)(H,52,60,64)(H2,65,66,91)(H3,46,48,49,61)/t22-,23-,24?,25?,26?,27?,28-,29-,31?,32?,33?,34?,40?,41?,87?,88?,89?,90?/m1/s1. The van der Waals surface area contributed by atoms with Crippen molar-refractivity contribution < 1.29 is 102 Å². The van der Waals surface area contributed by atoms with Crippen molar-refractivity contribution in [1.29, 1.82) is 0 Å². The number of aryl methyl sites for hydroxylation is 3. The second kappa shape index (κ2) is 30.7. The minimum absolute atomic E-state index is 0.00452. The number of aliphatic hydroxyl groups is 1. The molecule has 0 bridgehead atoms. The molecule has 5 aromatic heterocycles. The van der Waals surface area contributed by atoms with Crippen LogP contribution in [-0.2, 0) is 92.0 Å². The third-order valence-electron chi connectivity index (χ3n) is 14.8. The molecule has 0 aliphatic carbocycles. The lowest BCUT2D eigenvalue weighted by Gasteiger charge is -2.28. The molecule has 40 nitrogen and oxygen atoms in total. The molecule has 0 amide bonds. The second-order valence-electron chi connectivity index (χ2n) is 21.4. The van der Waals surface area contributed by atoms with E-state index in [9.17, 15) is 66.4 Å². The summed E-state index contributed by atoms with van der Waals surface area (Å²) in [6.45, 7) is -23.1. The lowest BCUT2D eigenvalue weighted by molar-refractivity contribution is -0.0625. The van der Waals surface area contributed by atoms with Gasteiger partial charge in [-0.1, -0.05) is 61.2 Å². The fourth-order valence-corrected chi connectivity index (χ4v) is 17.0. The van der Waals surface area contributed by atoms with Gasteiger partial charge >= 0.3 is 51.1 Å². The molecule has 9 heterocycles. The van der Waals surface area contributed by atoms with Crippen molar-refractivity contribution in [2.75, 3.05) is 59.6 Å². The van der Waals surface area contributed by atoms with Gasteiger partial charge in [0.05, 0.1) is 39.4 Å². The summed E-state index contributed by atoms with van der Waals surface area (Å²) in [5.41, 5.74) is -0.170. The molecule has 0 aromatic carbocycles. The molecule has 4 aliphatic rings. The zero-order valence-corrected chi connectivity index (χ0v) is 58.9. The summed E-state index contributed by atoms with van der Waals surface area (Å²) in [5, 5.41) is 9.30. The Bertz CT molecular complexity index is 4340. The van der Waals surface area contributed by atoms with Crippen molar-refractivity contribution in [3.05, 3.63) is 114 Å². The number of nitrogen functional groups attached to an aromatic ring is 1. The molecular weight excluding hydrogens is 1470 g/mol. The lowest BCUT2D eigenvalue weighted by Crippen LogP contribution is -2.40. The quantitative estimate of drug-likeness (QED) is 0.0177. The molecule has 4 saturated heterocycles. The number of aromatic nitrogens is 10. The van der Waals surface area contributed by atoms with E-state index >= 15 is 0 Å². The van der Waals surface area contributed by atoms with Crippen molar-refractivity contribution in [2.45, 2.75) is 126 Å². The number of methoxy groups -OCH3 is 2. The highest BCUT2D eigenvalue weighted by Crippen LogP contribution is 2.62. The number of nitrogens with two attached hydrogens (primary N) is 1. The number of ether oxygens (including phenoxy) is 6. The molecule has 0 spiro atoms. The van der Waals surface area contributed by atoms with E-state index in [1.54, 1.807) is 0 Å². The van der Waals surface area contributed by atoms with Crippen LogP contribution in [0, 0.1) is 20.8 Å². The van der Waals surface area contributed by atoms with Gasteiger partial charge in [0.15, 0.2) is 23.6 Å². The third kappa shape index (κ3) is 18.5. The number of nitrogens with zero attached hydrogens (tertiary/aromatic N) is 6. The number of anilines is 1. The first kappa shape index (κ1) is 75.6. The van der Waals surface area contributed by atoms with Gasteiger partial charge in [-0.2, -0.15) is 4.98 Å². The summed E-state index contributed by atoms with van der Waals surface area (Å²) in [7, 11) is 2.31. The van der Waals surface area contributed by atoms with Crippen LogP contribution in [0.5, 0.6) is 0 Å². The summed E-state index contributed by atoms with van der Waals surface area (Å²) >= 11 is 20.2. The van der Waals surface area contributed by atoms with Crippen LogP contribution in [-0.4, -0.2) is 173 Å². The van der Waals surface area contributed by atoms with Crippen LogP contribution in [0.3, 0.4) is 0 Å². The second-order valence-corrected chi connectivity index (χ2v) is 35.6. The van der Waals surface area contributed by atoms with E-state index in [1.165, 1.54) is 38.8 Å². The van der Waals surface area contributed by atoms with E-state index in [4.69, 9.17) is 74.9 Å². The predicted molar refractivity (Wildman–Crippen MR) is 343 cm³/mol. The van der Waals surface area contributed by atoms with Gasteiger partial charge in [-0.25, -0.2) is 42.2 Å². The molecule has 50 heteroatoms. The minimum Gasteiger partial charge on any atom is -0.396 e. The highest BCUT2D eigenvalue weighted by Gasteiger charge is 2.54. The third-order valence-corrected chi connectivity index (χ3v) is 22.1. The first-order valence-corrected chi connectivity index (χ1v) is 41.3. The van der Waals surface area contributed by atoms with Crippen LogP contribution in [0.2, 0.25) is 0 Å². The smallest absolute Gasteiger partial charge is 0.386 e. The van der Waals surface area contributed by atoms with Gasteiger partial charge < -0.3 is 48.7 Å². The maximum absolute atomic E-state index is 14.6. The van der Waals surface area contributed by atoms with Gasteiger partial charge in [0.25, 0.3) is 22.2 Å². The van der Waals surface area contributed by atoms with Gasteiger partial charge in [0.1, 0.15) is 73.5 Å². The van der Waals surface area contributed by atoms with Crippen molar-refractivity contribution in [2.24, 2.45) is 0 Å². The molecule has 4 fully saturated rings. The first-order valence-electron chi connectivity index (χ1n) is 27.8. The number of rotatable bonds is 30. The molecule has 9 rings (SSSR count). The van der Waals surface area contributed by atoms with E-state index < -0.39 is 192 Å². The highest BCUT2D eigenvalue weighted by molar-refractivity contribution is 8.45. The zero-order valence-electron chi connectivity index (χ0n) is 49.9. The van der Waals surface area contributed by atoms with Crippen molar-refractivity contribution in [1.82, 2.24) is 48.2 Å². The SMILES string of the molecule is COC1C(OP(=O)(S)OCCCO)C(COP(=O)(S)OC2C(COP(=O)(S)O[C@@H]3C[C@H](n4cc(C)c(=O)[nH]c4=O)OC3COP(=O)(S)O[C@@H]3C[C@H](n4cnc5c(=O)[nH]c(N)nc54)OC3COP(=O)(O)S)OC(n3cc(C)c(=O)[nH]c3=O)C2OC)OC1n1cc(C)c(=O)[nH]c1=O. The van der Waals surface area contributed by atoms with Crippen molar-refractivity contribution in [3.63, 3.8) is 0 Å². The summed E-state index contributed by atoms with van der Waals surface area (Å²) in [5.74, 6) is -0.273. The fourth-order valence-electron chi connectivity index (χ4n) is 10.3. The molecule has 0 saturated carbocycles. The van der Waals surface area contributed by atoms with Crippen LogP contribution in [0.15, 0.2) is 58.5 Å². The van der Waals surface area contributed by atoms with Crippen LogP contribution >= 0.6 is 95.2 Å². The van der Waals surface area contributed by atoms with Gasteiger partial charge in [0, 0.05) is 68.9 Å². The molecule has 0 radical (unpaired) electrons. The normalized spacial score (nSPS) is 29.5. The van der Waals surface area contributed by atoms with Gasteiger partial charge in [-0.15, -0.1) is 0 Å². The van der Waals surface area contributed by atoms with E-state index in [0.717, 1.165) is 39.4 Å². The van der Waals surface area contributed by atoms with Crippen LogP contribution in [0.1, 0.15) is 60.9 Å². The van der Waals surface area contributed by atoms with Gasteiger partial charge in [-0.05, 0) is 27.2 Å². The summed E-state index contributed by atoms with van der Waals surface area (Å²) < 4.78 is 160. The number of aliphatic hydroxyl groups excluding tert-OH is 1. The Labute approximate surface area is 559 Å². The molecule has 4 aliphatic heterocycles. The Morgan fingerprint density at radius 3 is 1.39 bits per heavy atom. The number of thiol groups is 5. The van der Waals surface area contributed by atoms with Gasteiger partial charge in [0.2, 0.25) is 5.95 Å². The van der Waals surface area contributed by atoms with E-state index in [2.05, 4.69) is 91.1 Å². The molecule has 19 atom stereocenters. The summed E-state index contributed by atoms with van der Waals surface area (Å²) in [4.78, 5) is 116. The molecule has 5 aromatic rings. The maximum Gasteiger partial charge on any atom is 0.386 e. The Morgan fingerprint density at radius 1 is 0.547 bits per heavy atom. The number of aromatic amines is 4. The number of fused-ring (bicyclic) bond motifs is 1. The van der Waals surface area contributed by atoms with E-state index in [-0.39, 0.29) is 59.9 Å². The van der Waals surface area contributed by atoms with Crippen LogP contribution in [0.4, 0.5) is 5.95 Å². The topological polar surface area (TPSA) is 518 Å². The predicted octanol–water partition coefficient (Wildman–Crippen LogP) is 1.87. The summed E-state index contributed by atoms with van der Waals surface area (Å²) in [6.07, 6.45) is -16.7. The minimum atomic E-state index is -4.89. The Hall–Kier alpha value is -3.59. The monoisotopic (exact) mass is 1540 g/mol. The number of hydrogen-bond acceptors (Lipinski definition) is 31. The number of nitrogens with one attached hydrogen (secondary N) is 4. The number of hydrogen-bond donors (Lipinski definition) is 12.